The molecule has 0 atom stereocenters. The van der Waals surface area contributed by atoms with Crippen LogP contribution >= 0.6 is 0 Å². The van der Waals surface area contributed by atoms with E-state index in [0.29, 0.717) is 5.69 Å². The highest BCUT2D eigenvalue weighted by Gasteiger charge is 2.13. The molecule has 0 saturated heterocycles. The molecule has 2 nitrogen and oxygen atoms in total. The van der Waals surface area contributed by atoms with Crippen LogP contribution in [0.4, 0.5) is 0 Å². The second-order valence-corrected chi connectivity index (χ2v) is 4.50. The zero-order valence-electron chi connectivity index (χ0n) is 10.3. The van der Waals surface area contributed by atoms with E-state index in [4.69, 9.17) is 5.26 Å². The summed E-state index contributed by atoms with van der Waals surface area (Å²) in [5.41, 5.74) is 1.73. The standard InChI is InChI=1S/C10H12N2.C3H8/c1-10(2,3)8-4-5-12-9(6-8)7-11;1-3-2/h4-6H,1-3H3;3H2,1-2H3. The zero-order chi connectivity index (χ0) is 11.9. The van der Waals surface area contributed by atoms with Crippen molar-refractivity contribution in [2.45, 2.75) is 46.5 Å². The quantitative estimate of drug-likeness (QED) is 0.646. The van der Waals surface area contributed by atoms with Gasteiger partial charge in [-0.1, -0.05) is 41.0 Å². The first kappa shape index (κ1) is 13.6. The normalized spacial score (nSPS) is 9.87. The first-order valence-corrected chi connectivity index (χ1v) is 5.32. The average molecular weight is 204 g/mol. The molecule has 0 aliphatic rings. The molecule has 82 valence electrons. The Kier molecular flexibility index (Phi) is 5.62. The van der Waals surface area contributed by atoms with Gasteiger partial charge in [0.1, 0.15) is 11.8 Å². The third kappa shape index (κ3) is 5.17. The van der Waals surface area contributed by atoms with Crippen molar-refractivity contribution >= 4 is 0 Å². The maximum Gasteiger partial charge on any atom is 0.140 e. The van der Waals surface area contributed by atoms with E-state index in [9.17, 15) is 0 Å². The lowest BCUT2D eigenvalue weighted by Gasteiger charge is -2.18. The van der Waals surface area contributed by atoms with Crippen LogP contribution in [0.15, 0.2) is 18.3 Å². The molecule has 0 aliphatic carbocycles. The molecule has 0 aliphatic heterocycles. The van der Waals surface area contributed by atoms with Gasteiger partial charge in [-0.2, -0.15) is 5.26 Å². The predicted molar refractivity (Wildman–Crippen MR) is 63.6 cm³/mol. The van der Waals surface area contributed by atoms with Crippen molar-refractivity contribution in [3.05, 3.63) is 29.6 Å². The van der Waals surface area contributed by atoms with E-state index >= 15 is 0 Å². The van der Waals surface area contributed by atoms with Gasteiger partial charge in [0, 0.05) is 6.20 Å². The number of aromatic nitrogens is 1. The van der Waals surface area contributed by atoms with Crippen LogP contribution in [0.1, 0.15) is 52.3 Å². The molecule has 15 heavy (non-hydrogen) atoms. The maximum atomic E-state index is 8.62. The smallest absolute Gasteiger partial charge is 0.140 e. The Morgan fingerprint density at radius 3 is 2.27 bits per heavy atom. The Morgan fingerprint density at radius 1 is 1.33 bits per heavy atom. The third-order valence-corrected chi connectivity index (χ3v) is 1.74. The van der Waals surface area contributed by atoms with Crippen molar-refractivity contribution in [3.63, 3.8) is 0 Å². The lowest BCUT2D eigenvalue weighted by molar-refractivity contribution is 0.589. The van der Waals surface area contributed by atoms with Crippen molar-refractivity contribution in [1.29, 1.82) is 5.26 Å². The molecule has 0 aromatic carbocycles. The van der Waals surface area contributed by atoms with Gasteiger partial charge in [-0.15, -0.1) is 0 Å². The van der Waals surface area contributed by atoms with Crippen LogP contribution in [0.3, 0.4) is 0 Å². The van der Waals surface area contributed by atoms with E-state index in [1.165, 1.54) is 6.42 Å². The predicted octanol–water partition coefficient (Wildman–Crippen LogP) is 3.67. The highest BCUT2D eigenvalue weighted by molar-refractivity contribution is 5.29. The molecule has 0 bridgehead atoms. The van der Waals surface area contributed by atoms with Crippen molar-refractivity contribution < 1.29 is 0 Å². The van der Waals surface area contributed by atoms with Crippen LogP contribution in [-0.2, 0) is 5.41 Å². The van der Waals surface area contributed by atoms with Crippen LogP contribution in [0, 0.1) is 11.3 Å². The highest BCUT2D eigenvalue weighted by Crippen LogP contribution is 2.21. The second kappa shape index (κ2) is 6.19. The Hall–Kier alpha value is -1.36. The van der Waals surface area contributed by atoms with Gasteiger partial charge in [-0.05, 0) is 23.1 Å². The van der Waals surface area contributed by atoms with Crippen molar-refractivity contribution in [2.75, 3.05) is 0 Å². The molecular weight excluding hydrogens is 184 g/mol. The summed E-state index contributed by atoms with van der Waals surface area (Å²) in [7, 11) is 0. The topological polar surface area (TPSA) is 36.7 Å². The number of hydrogen-bond donors (Lipinski definition) is 0. The first-order valence-electron chi connectivity index (χ1n) is 5.32. The Morgan fingerprint density at radius 2 is 1.87 bits per heavy atom. The van der Waals surface area contributed by atoms with E-state index in [-0.39, 0.29) is 5.41 Å². The average Bonchev–Trinajstić information content (AvgIpc) is 2.18. The van der Waals surface area contributed by atoms with Gasteiger partial charge < -0.3 is 0 Å². The highest BCUT2D eigenvalue weighted by atomic mass is 14.7. The fraction of sp³-hybridized carbons (Fsp3) is 0.538. The third-order valence-electron chi connectivity index (χ3n) is 1.74. The molecular formula is C13H20N2. The molecule has 0 spiro atoms. The SMILES string of the molecule is CC(C)(C)c1ccnc(C#N)c1.CCC. The van der Waals surface area contributed by atoms with Crippen molar-refractivity contribution in [1.82, 2.24) is 4.98 Å². The zero-order valence-corrected chi connectivity index (χ0v) is 10.3. The van der Waals surface area contributed by atoms with Crippen LogP contribution < -0.4 is 0 Å². The van der Waals surface area contributed by atoms with E-state index in [1.54, 1.807) is 6.20 Å². The second-order valence-electron chi connectivity index (χ2n) is 4.50. The fourth-order valence-electron chi connectivity index (χ4n) is 0.958. The van der Waals surface area contributed by atoms with Gasteiger partial charge in [0.2, 0.25) is 0 Å². The summed E-state index contributed by atoms with van der Waals surface area (Å²) in [6.45, 7) is 10.6. The molecule has 0 fully saturated rings. The van der Waals surface area contributed by atoms with Gasteiger partial charge in [-0.25, -0.2) is 4.98 Å². The Bertz CT molecular complexity index is 329. The Labute approximate surface area is 93.0 Å². The summed E-state index contributed by atoms with van der Waals surface area (Å²) >= 11 is 0. The molecule has 2 heteroatoms. The number of rotatable bonds is 0. The minimum absolute atomic E-state index is 0.0918. The monoisotopic (exact) mass is 204 g/mol. The molecule has 1 aromatic heterocycles. The van der Waals surface area contributed by atoms with Gasteiger partial charge in [0.25, 0.3) is 0 Å². The van der Waals surface area contributed by atoms with E-state index in [2.05, 4.69) is 39.6 Å². The van der Waals surface area contributed by atoms with E-state index in [0.717, 1.165) is 5.56 Å². The van der Waals surface area contributed by atoms with Gasteiger partial charge >= 0.3 is 0 Å². The summed E-state index contributed by atoms with van der Waals surface area (Å²) in [6, 6.07) is 5.81. The maximum absolute atomic E-state index is 8.62. The molecule has 0 radical (unpaired) electrons. The lowest BCUT2D eigenvalue weighted by atomic mass is 9.87. The van der Waals surface area contributed by atoms with E-state index < -0.39 is 0 Å². The summed E-state index contributed by atoms with van der Waals surface area (Å²) in [4.78, 5) is 3.91. The largest absolute Gasteiger partial charge is 0.246 e. The number of hydrogen-bond acceptors (Lipinski definition) is 2. The number of nitriles is 1. The van der Waals surface area contributed by atoms with Gasteiger partial charge in [-0.3, -0.25) is 0 Å². The molecule has 0 amide bonds. The summed E-state index contributed by atoms with van der Waals surface area (Å²) < 4.78 is 0. The fourth-order valence-corrected chi connectivity index (χ4v) is 0.958. The molecule has 1 rings (SSSR count). The summed E-state index contributed by atoms with van der Waals surface area (Å²) in [6.07, 6.45) is 2.93. The van der Waals surface area contributed by atoms with Gasteiger partial charge in [0.05, 0.1) is 0 Å². The number of pyridine rings is 1. The molecule has 1 heterocycles. The Balaban J connectivity index is 0.000000583. The van der Waals surface area contributed by atoms with E-state index in [1.807, 2.05) is 18.2 Å². The molecule has 0 unspecified atom stereocenters. The summed E-state index contributed by atoms with van der Waals surface area (Å²) in [5.74, 6) is 0. The van der Waals surface area contributed by atoms with Crippen molar-refractivity contribution in [3.8, 4) is 6.07 Å². The summed E-state index contributed by atoms with van der Waals surface area (Å²) in [5, 5.41) is 8.62. The van der Waals surface area contributed by atoms with Crippen LogP contribution in [0.2, 0.25) is 0 Å². The molecule has 0 N–H and O–H groups in total. The number of nitrogens with zero attached hydrogens (tertiary/aromatic N) is 2. The van der Waals surface area contributed by atoms with Crippen LogP contribution in [0.25, 0.3) is 0 Å². The first-order chi connectivity index (χ1) is 6.95. The minimum Gasteiger partial charge on any atom is -0.246 e. The van der Waals surface area contributed by atoms with Crippen LogP contribution in [0.5, 0.6) is 0 Å². The van der Waals surface area contributed by atoms with Crippen molar-refractivity contribution in [2.24, 2.45) is 0 Å². The molecule has 1 aromatic rings. The van der Waals surface area contributed by atoms with Crippen LogP contribution in [-0.4, -0.2) is 4.98 Å². The molecule has 0 saturated carbocycles. The minimum atomic E-state index is 0.0918. The van der Waals surface area contributed by atoms with Gasteiger partial charge in [0.15, 0.2) is 0 Å². The lowest BCUT2D eigenvalue weighted by Crippen LogP contribution is -2.11.